The second kappa shape index (κ2) is 8.85. The standard InChI is InChI=1S/C19H30N4O2/c1-4-20-14-15-10-12-23(13-11-15)17(24)19(2,3)22-18(25)21-16-8-6-5-7-9-16/h5-9,15,20H,4,10-14H2,1-3H3,(H2,21,22,25). The molecule has 1 saturated heterocycles. The summed E-state index contributed by atoms with van der Waals surface area (Å²) in [7, 11) is 0. The van der Waals surface area contributed by atoms with Crippen LogP contribution in [0.25, 0.3) is 0 Å². The SMILES string of the molecule is CCNCC1CCN(C(=O)C(C)(C)NC(=O)Nc2ccccc2)CC1. The molecule has 1 fully saturated rings. The lowest BCUT2D eigenvalue weighted by molar-refractivity contribution is -0.138. The highest BCUT2D eigenvalue weighted by molar-refractivity contribution is 5.95. The minimum Gasteiger partial charge on any atom is -0.341 e. The summed E-state index contributed by atoms with van der Waals surface area (Å²) in [6.45, 7) is 9.11. The summed E-state index contributed by atoms with van der Waals surface area (Å²) in [5, 5.41) is 8.92. The van der Waals surface area contributed by atoms with Crippen LogP contribution in [0.2, 0.25) is 0 Å². The zero-order chi connectivity index (χ0) is 18.3. The number of para-hydroxylation sites is 1. The predicted molar refractivity (Wildman–Crippen MR) is 101 cm³/mol. The van der Waals surface area contributed by atoms with Crippen molar-refractivity contribution in [1.29, 1.82) is 0 Å². The van der Waals surface area contributed by atoms with Gasteiger partial charge < -0.3 is 20.9 Å². The third-order valence-corrected chi connectivity index (χ3v) is 4.58. The molecule has 25 heavy (non-hydrogen) atoms. The van der Waals surface area contributed by atoms with Gasteiger partial charge in [-0.15, -0.1) is 0 Å². The lowest BCUT2D eigenvalue weighted by atomic mass is 9.94. The van der Waals surface area contributed by atoms with Gasteiger partial charge in [0, 0.05) is 18.8 Å². The summed E-state index contributed by atoms with van der Waals surface area (Å²) in [6.07, 6.45) is 2.01. The van der Waals surface area contributed by atoms with Crippen molar-refractivity contribution in [3.8, 4) is 0 Å². The molecule has 0 radical (unpaired) electrons. The van der Waals surface area contributed by atoms with Crippen LogP contribution in [0, 0.1) is 5.92 Å². The van der Waals surface area contributed by atoms with Crippen molar-refractivity contribution >= 4 is 17.6 Å². The summed E-state index contributed by atoms with van der Waals surface area (Å²) in [6, 6.07) is 8.84. The Kier molecular flexibility index (Phi) is 6.82. The number of rotatable bonds is 6. The fourth-order valence-electron chi connectivity index (χ4n) is 3.11. The smallest absolute Gasteiger partial charge is 0.320 e. The number of likely N-dealkylation sites (tertiary alicyclic amines) is 1. The monoisotopic (exact) mass is 346 g/mol. The van der Waals surface area contributed by atoms with Gasteiger partial charge >= 0.3 is 6.03 Å². The molecule has 0 aliphatic carbocycles. The third-order valence-electron chi connectivity index (χ3n) is 4.58. The van der Waals surface area contributed by atoms with Crippen LogP contribution in [0.5, 0.6) is 0 Å². The topological polar surface area (TPSA) is 73.5 Å². The Labute approximate surface area is 150 Å². The number of nitrogens with zero attached hydrogens (tertiary/aromatic N) is 1. The fraction of sp³-hybridized carbons (Fsp3) is 0.579. The fourth-order valence-corrected chi connectivity index (χ4v) is 3.11. The van der Waals surface area contributed by atoms with E-state index in [4.69, 9.17) is 0 Å². The zero-order valence-corrected chi connectivity index (χ0v) is 15.5. The van der Waals surface area contributed by atoms with Gasteiger partial charge in [0.05, 0.1) is 0 Å². The summed E-state index contributed by atoms with van der Waals surface area (Å²) < 4.78 is 0. The molecule has 3 N–H and O–H groups in total. The van der Waals surface area contributed by atoms with Gasteiger partial charge in [0.15, 0.2) is 0 Å². The summed E-state index contributed by atoms with van der Waals surface area (Å²) >= 11 is 0. The van der Waals surface area contributed by atoms with Crippen molar-refractivity contribution in [2.75, 3.05) is 31.5 Å². The van der Waals surface area contributed by atoms with Gasteiger partial charge in [-0.05, 0) is 57.8 Å². The molecule has 6 nitrogen and oxygen atoms in total. The number of amides is 3. The van der Waals surface area contributed by atoms with Crippen molar-refractivity contribution in [3.05, 3.63) is 30.3 Å². The van der Waals surface area contributed by atoms with Crippen molar-refractivity contribution in [3.63, 3.8) is 0 Å². The van der Waals surface area contributed by atoms with E-state index in [0.717, 1.165) is 39.0 Å². The van der Waals surface area contributed by atoms with Crippen molar-refractivity contribution < 1.29 is 9.59 Å². The Bertz CT molecular complexity index is 566. The predicted octanol–water partition coefficient (Wildman–Crippen LogP) is 2.43. The van der Waals surface area contributed by atoms with Crippen LogP contribution < -0.4 is 16.0 Å². The Morgan fingerprint density at radius 3 is 2.40 bits per heavy atom. The molecule has 6 heteroatoms. The molecule has 0 unspecified atom stereocenters. The first-order chi connectivity index (χ1) is 11.9. The van der Waals surface area contributed by atoms with Crippen molar-refractivity contribution in [2.45, 2.75) is 39.2 Å². The highest BCUT2D eigenvalue weighted by atomic mass is 16.2. The lowest BCUT2D eigenvalue weighted by Gasteiger charge is -2.37. The van der Waals surface area contributed by atoms with Gasteiger partial charge in [0.25, 0.3) is 0 Å². The van der Waals surface area contributed by atoms with Gasteiger partial charge in [-0.2, -0.15) is 0 Å². The number of nitrogens with one attached hydrogen (secondary N) is 3. The van der Waals surface area contributed by atoms with E-state index in [1.807, 2.05) is 35.2 Å². The summed E-state index contributed by atoms with van der Waals surface area (Å²) in [5.41, 5.74) is -0.236. The number of hydrogen-bond acceptors (Lipinski definition) is 3. The minimum atomic E-state index is -0.937. The third kappa shape index (κ3) is 5.74. The maximum absolute atomic E-state index is 12.8. The van der Waals surface area contributed by atoms with E-state index < -0.39 is 5.54 Å². The van der Waals surface area contributed by atoms with Crippen LogP contribution in [0.1, 0.15) is 33.6 Å². The number of carbonyl (C=O) groups excluding carboxylic acids is 2. The Hall–Kier alpha value is -2.08. The quantitative estimate of drug-likeness (QED) is 0.741. The van der Waals surface area contributed by atoms with Crippen LogP contribution in [-0.2, 0) is 4.79 Å². The highest BCUT2D eigenvalue weighted by Gasteiger charge is 2.35. The molecule has 0 atom stereocenters. The first kappa shape index (κ1) is 19.2. The first-order valence-corrected chi connectivity index (χ1v) is 9.06. The molecule has 0 spiro atoms. The van der Waals surface area contributed by atoms with E-state index in [0.29, 0.717) is 11.6 Å². The summed E-state index contributed by atoms with van der Waals surface area (Å²) in [4.78, 5) is 26.8. The van der Waals surface area contributed by atoms with Gasteiger partial charge in [-0.1, -0.05) is 25.1 Å². The number of hydrogen-bond donors (Lipinski definition) is 3. The maximum Gasteiger partial charge on any atom is 0.320 e. The Morgan fingerprint density at radius 2 is 1.80 bits per heavy atom. The first-order valence-electron chi connectivity index (χ1n) is 9.06. The molecule has 1 heterocycles. The molecule has 1 aromatic carbocycles. The number of piperidine rings is 1. The van der Waals surface area contributed by atoms with E-state index in [9.17, 15) is 9.59 Å². The summed E-state index contributed by atoms with van der Waals surface area (Å²) in [5.74, 6) is 0.596. The number of urea groups is 1. The van der Waals surface area contributed by atoms with Crippen LogP contribution in [-0.4, -0.2) is 48.6 Å². The molecular formula is C19H30N4O2. The highest BCUT2D eigenvalue weighted by Crippen LogP contribution is 2.19. The Balaban J connectivity index is 1.84. The molecule has 0 saturated carbocycles. The van der Waals surface area contributed by atoms with E-state index >= 15 is 0 Å². The number of carbonyl (C=O) groups is 2. The van der Waals surface area contributed by atoms with Gasteiger partial charge in [0.2, 0.25) is 5.91 Å². The van der Waals surface area contributed by atoms with Gasteiger partial charge in [-0.3, -0.25) is 4.79 Å². The second-order valence-electron chi connectivity index (χ2n) is 7.11. The maximum atomic E-state index is 12.8. The zero-order valence-electron chi connectivity index (χ0n) is 15.5. The van der Waals surface area contributed by atoms with E-state index in [-0.39, 0.29) is 11.9 Å². The molecule has 1 aliphatic heterocycles. The van der Waals surface area contributed by atoms with Crippen LogP contribution in [0.15, 0.2) is 30.3 Å². The normalized spacial score (nSPS) is 15.7. The number of anilines is 1. The Morgan fingerprint density at radius 1 is 1.16 bits per heavy atom. The molecule has 0 aromatic heterocycles. The molecule has 3 amide bonds. The molecule has 0 bridgehead atoms. The van der Waals surface area contributed by atoms with Crippen molar-refractivity contribution in [1.82, 2.24) is 15.5 Å². The van der Waals surface area contributed by atoms with Crippen LogP contribution >= 0.6 is 0 Å². The molecule has 1 aliphatic rings. The average Bonchev–Trinajstić information content (AvgIpc) is 2.60. The molecular weight excluding hydrogens is 316 g/mol. The minimum absolute atomic E-state index is 0.0300. The van der Waals surface area contributed by atoms with E-state index in [1.54, 1.807) is 13.8 Å². The van der Waals surface area contributed by atoms with Crippen LogP contribution in [0.4, 0.5) is 10.5 Å². The largest absolute Gasteiger partial charge is 0.341 e. The van der Waals surface area contributed by atoms with E-state index in [1.165, 1.54) is 0 Å². The lowest BCUT2D eigenvalue weighted by Crippen LogP contribution is -2.58. The van der Waals surface area contributed by atoms with Gasteiger partial charge in [0.1, 0.15) is 5.54 Å². The molecule has 2 rings (SSSR count). The molecule has 138 valence electrons. The van der Waals surface area contributed by atoms with Crippen LogP contribution in [0.3, 0.4) is 0 Å². The van der Waals surface area contributed by atoms with Gasteiger partial charge in [-0.25, -0.2) is 4.79 Å². The number of benzene rings is 1. The van der Waals surface area contributed by atoms with E-state index in [2.05, 4.69) is 22.9 Å². The second-order valence-corrected chi connectivity index (χ2v) is 7.11. The average molecular weight is 346 g/mol. The van der Waals surface area contributed by atoms with Crippen molar-refractivity contribution in [2.24, 2.45) is 5.92 Å². The molecule has 1 aromatic rings.